The Bertz CT molecular complexity index is 1010. The Morgan fingerprint density at radius 2 is 1.81 bits per heavy atom. The molecule has 1 saturated carbocycles. The fourth-order valence-corrected chi connectivity index (χ4v) is 4.27. The molecule has 31 heavy (non-hydrogen) atoms. The SMILES string of the molecule is COc1cccc(Nc2ccc(-c3ccc(C4CCC(CC(=O)O)CC4)cc3)nn2)c1. The van der Waals surface area contributed by atoms with Crippen LogP contribution in [0.3, 0.4) is 0 Å². The summed E-state index contributed by atoms with van der Waals surface area (Å²) in [7, 11) is 1.64. The first-order valence-electron chi connectivity index (χ1n) is 10.7. The number of methoxy groups -OCH3 is 1. The lowest BCUT2D eigenvalue weighted by atomic mass is 9.77. The molecule has 2 aromatic carbocycles. The van der Waals surface area contributed by atoms with E-state index < -0.39 is 5.97 Å². The van der Waals surface area contributed by atoms with Crippen molar-refractivity contribution < 1.29 is 14.6 Å². The molecule has 1 aromatic heterocycles. The molecule has 0 radical (unpaired) electrons. The van der Waals surface area contributed by atoms with E-state index in [0.29, 0.717) is 24.1 Å². The first-order chi connectivity index (χ1) is 15.1. The van der Waals surface area contributed by atoms with Crippen LogP contribution in [0, 0.1) is 5.92 Å². The van der Waals surface area contributed by atoms with Gasteiger partial charge in [-0.3, -0.25) is 4.79 Å². The molecule has 0 aliphatic heterocycles. The van der Waals surface area contributed by atoms with Gasteiger partial charge in [0.1, 0.15) is 5.75 Å². The van der Waals surface area contributed by atoms with Crippen molar-refractivity contribution in [3.63, 3.8) is 0 Å². The number of benzene rings is 2. The van der Waals surface area contributed by atoms with Crippen molar-refractivity contribution in [1.29, 1.82) is 0 Å². The Balaban J connectivity index is 1.37. The number of hydrogen-bond donors (Lipinski definition) is 2. The van der Waals surface area contributed by atoms with Crippen molar-refractivity contribution in [2.45, 2.75) is 38.0 Å². The molecule has 2 N–H and O–H groups in total. The minimum Gasteiger partial charge on any atom is -0.497 e. The number of carboxylic acid groups (broad SMARTS) is 1. The predicted molar refractivity (Wildman–Crippen MR) is 121 cm³/mol. The molecule has 0 amide bonds. The molecule has 0 spiro atoms. The summed E-state index contributed by atoms with van der Waals surface area (Å²) in [5, 5.41) is 20.9. The van der Waals surface area contributed by atoms with Crippen LogP contribution in [0.5, 0.6) is 5.75 Å². The highest BCUT2D eigenvalue weighted by Gasteiger charge is 2.23. The van der Waals surface area contributed by atoms with Crippen molar-refractivity contribution in [2.24, 2.45) is 5.92 Å². The van der Waals surface area contributed by atoms with Crippen LogP contribution in [-0.2, 0) is 4.79 Å². The van der Waals surface area contributed by atoms with Crippen LogP contribution < -0.4 is 10.1 Å². The minimum atomic E-state index is -0.682. The highest BCUT2D eigenvalue weighted by atomic mass is 16.5. The summed E-state index contributed by atoms with van der Waals surface area (Å²) < 4.78 is 5.24. The van der Waals surface area contributed by atoms with Gasteiger partial charge < -0.3 is 15.2 Å². The van der Waals surface area contributed by atoms with Crippen molar-refractivity contribution in [3.8, 4) is 17.0 Å². The molecule has 1 aliphatic carbocycles. The summed E-state index contributed by atoms with van der Waals surface area (Å²) in [4.78, 5) is 10.9. The number of aromatic nitrogens is 2. The van der Waals surface area contributed by atoms with Gasteiger partial charge in [0.05, 0.1) is 12.8 Å². The number of carbonyl (C=O) groups is 1. The van der Waals surface area contributed by atoms with Crippen LogP contribution in [0.2, 0.25) is 0 Å². The van der Waals surface area contributed by atoms with Crippen LogP contribution in [0.25, 0.3) is 11.3 Å². The fraction of sp³-hybridized carbons (Fsp3) is 0.320. The average molecular weight is 418 g/mol. The van der Waals surface area contributed by atoms with Crippen molar-refractivity contribution in [2.75, 3.05) is 12.4 Å². The van der Waals surface area contributed by atoms with Crippen LogP contribution in [0.1, 0.15) is 43.6 Å². The molecule has 160 valence electrons. The molecule has 6 heteroatoms. The van der Waals surface area contributed by atoms with Gasteiger partial charge in [-0.1, -0.05) is 30.3 Å². The molecule has 0 saturated heterocycles. The van der Waals surface area contributed by atoms with E-state index in [1.54, 1.807) is 7.11 Å². The van der Waals surface area contributed by atoms with E-state index in [4.69, 9.17) is 9.84 Å². The van der Waals surface area contributed by atoms with Crippen molar-refractivity contribution >= 4 is 17.5 Å². The third-order valence-corrected chi connectivity index (χ3v) is 5.99. The standard InChI is InChI=1S/C25H27N3O3/c1-31-22-4-2-3-21(16-22)26-24-14-13-23(27-28-24)20-11-9-19(10-12-20)18-7-5-17(6-8-18)15-25(29)30/h2-4,9-14,16-18H,5-8,15H2,1H3,(H,26,28)(H,29,30). The Hall–Kier alpha value is -3.41. The summed E-state index contributed by atoms with van der Waals surface area (Å²) in [6, 6.07) is 20.1. The number of ether oxygens (including phenoxy) is 1. The van der Waals surface area contributed by atoms with E-state index in [0.717, 1.165) is 48.4 Å². The second-order valence-corrected chi connectivity index (χ2v) is 8.10. The van der Waals surface area contributed by atoms with Gasteiger partial charge in [-0.2, -0.15) is 0 Å². The summed E-state index contributed by atoms with van der Waals surface area (Å²) in [6.45, 7) is 0. The third-order valence-electron chi connectivity index (χ3n) is 5.99. The molecule has 0 atom stereocenters. The van der Waals surface area contributed by atoms with E-state index in [-0.39, 0.29) is 0 Å². The first-order valence-corrected chi connectivity index (χ1v) is 10.7. The molecular formula is C25H27N3O3. The summed E-state index contributed by atoms with van der Waals surface area (Å²) >= 11 is 0. The van der Waals surface area contributed by atoms with Crippen LogP contribution in [0.15, 0.2) is 60.7 Å². The molecule has 1 fully saturated rings. The number of hydrogen-bond acceptors (Lipinski definition) is 5. The van der Waals surface area contributed by atoms with Crippen LogP contribution in [0.4, 0.5) is 11.5 Å². The van der Waals surface area contributed by atoms with Gasteiger partial charge in [-0.25, -0.2) is 0 Å². The van der Waals surface area contributed by atoms with Gasteiger partial charge in [0.25, 0.3) is 0 Å². The quantitative estimate of drug-likeness (QED) is 0.517. The monoisotopic (exact) mass is 417 g/mol. The molecule has 0 bridgehead atoms. The summed E-state index contributed by atoms with van der Waals surface area (Å²) in [6.07, 6.45) is 4.40. The van der Waals surface area contributed by atoms with Crippen molar-refractivity contribution in [1.82, 2.24) is 10.2 Å². The Morgan fingerprint density at radius 1 is 1.03 bits per heavy atom. The van der Waals surface area contributed by atoms with Gasteiger partial charge in [0.15, 0.2) is 5.82 Å². The van der Waals surface area contributed by atoms with Crippen LogP contribution in [-0.4, -0.2) is 28.4 Å². The Labute approximate surface area is 182 Å². The van der Waals surface area contributed by atoms with E-state index in [1.807, 2.05) is 36.4 Å². The van der Waals surface area contributed by atoms with Gasteiger partial charge >= 0.3 is 5.97 Å². The summed E-state index contributed by atoms with van der Waals surface area (Å²) in [5.74, 6) is 1.61. The third kappa shape index (κ3) is 5.40. The zero-order chi connectivity index (χ0) is 21.6. The highest BCUT2D eigenvalue weighted by Crippen LogP contribution is 2.37. The van der Waals surface area contributed by atoms with Crippen LogP contribution >= 0.6 is 0 Å². The number of nitrogens with one attached hydrogen (secondary N) is 1. The zero-order valence-electron chi connectivity index (χ0n) is 17.6. The number of anilines is 2. The lowest BCUT2D eigenvalue weighted by Gasteiger charge is -2.28. The van der Waals surface area contributed by atoms with Gasteiger partial charge in [0, 0.05) is 23.7 Å². The lowest BCUT2D eigenvalue weighted by molar-refractivity contribution is -0.138. The normalized spacial score (nSPS) is 18.4. The smallest absolute Gasteiger partial charge is 0.303 e. The molecule has 1 aliphatic rings. The summed E-state index contributed by atoms with van der Waals surface area (Å²) in [5.41, 5.74) is 4.07. The largest absolute Gasteiger partial charge is 0.497 e. The van der Waals surface area contributed by atoms with Gasteiger partial charge in [-0.15, -0.1) is 10.2 Å². The van der Waals surface area contributed by atoms with Crippen molar-refractivity contribution in [3.05, 3.63) is 66.2 Å². The highest BCUT2D eigenvalue weighted by molar-refractivity contribution is 5.67. The number of rotatable bonds is 7. The Morgan fingerprint density at radius 3 is 2.45 bits per heavy atom. The molecule has 1 heterocycles. The van der Waals surface area contributed by atoms with E-state index >= 15 is 0 Å². The van der Waals surface area contributed by atoms with Gasteiger partial charge in [0.2, 0.25) is 0 Å². The number of nitrogens with zero attached hydrogens (tertiary/aromatic N) is 2. The first kappa shape index (κ1) is 20.8. The molecule has 0 unspecified atom stereocenters. The predicted octanol–water partition coefficient (Wildman–Crippen LogP) is 5.64. The second-order valence-electron chi connectivity index (χ2n) is 8.10. The molecular weight excluding hydrogens is 390 g/mol. The average Bonchev–Trinajstić information content (AvgIpc) is 2.80. The molecule has 6 nitrogen and oxygen atoms in total. The maximum absolute atomic E-state index is 10.9. The topological polar surface area (TPSA) is 84.3 Å². The lowest BCUT2D eigenvalue weighted by Crippen LogP contribution is -2.16. The van der Waals surface area contributed by atoms with E-state index in [1.165, 1.54) is 5.56 Å². The second kappa shape index (κ2) is 9.60. The van der Waals surface area contributed by atoms with Gasteiger partial charge in [-0.05, 0) is 67.3 Å². The molecule has 4 rings (SSSR count). The van der Waals surface area contributed by atoms with E-state index in [9.17, 15) is 4.79 Å². The maximum Gasteiger partial charge on any atom is 0.303 e. The number of aliphatic carboxylic acids is 1. The Kier molecular flexibility index (Phi) is 6.46. The minimum absolute atomic E-state index is 0.299. The fourth-order valence-electron chi connectivity index (χ4n) is 4.27. The number of carboxylic acids is 1. The maximum atomic E-state index is 10.9. The van der Waals surface area contributed by atoms with E-state index in [2.05, 4.69) is 39.8 Å². The zero-order valence-corrected chi connectivity index (χ0v) is 17.6. The molecule has 3 aromatic rings.